The molecule has 4 nitrogen and oxygen atoms in total. The van der Waals surface area contributed by atoms with Gasteiger partial charge >= 0.3 is 0 Å². The molecular weight excluding hydrogens is 873 g/mol. The summed E-state index contributed by atoms with van der Waals surface area (Å²) in [6, 6.07) is 89.6. The summed E-state index contributed by atoms with van der Waals surface area (Å²) in [4.78, 5) is 4.48. The second-order valence-corrected chi connectivity index (χ2v) is 19.4. The van der Waals surface area contributed by atoms with Gasteiger partial charge in [-0.15, -0.1) is 0 Å². The van der Waals surface area contributed by atoms with E-state index in [2.05, 4.69) is 256 Å². The van der Waals surface area contributed by atoms with Crippen LogP contribution in [-0.2, 0) is 10.8 Å². The van der Waals surface area contributed by atoms with Crippen LogP contribution in [0.4, 0.5) is 34.1 Å². The number of hydrogen-bond donors (Lipinski definition) is 0. The van der Waals surface area contributed by atoms with E-state index in [1.54, 1.807) is 0 Å². The van der Waals surface area contributed by atoms with Crippen LogP contribution < -0.4 is 9.80 Å². The fourth-order valence-electron chi connectivity index (χ4n) is 9.64. The number of rotatable bonds is 13. The van der Waals surface area contributed by atoms with Crippen molar-refractivity contribution in [2.75, 3.05) is 9.80 Å². The van der Waals surface area contributed by atoms with E-state index >= 15 is 0 Å². The highest BCUT2D eigenvalue weighted by Crippen LogP contribution is 2.40. The summed E-state index contributed by atoms with van der Waals surface area (Å²) in [7, 11) is 0. The van der Waals surface area contributed by atoms with Gasteiger partial charge in [0.15, 0.2) is 0 Å². The highest BCUT2D eigenvalue weighted by atomic mass is 15.1. The summed E-state index contributed by atoms with van der Waals surface area (Å²) in [6.45, 7) is 9.06. The molecule has 0 amide bonds. The van der Waals surface area contributed by atoms with Crippen molar-refractivity contribution in [2.45, 2.75) is 38.5 Å². The van der Waals surface area contributed by atoms with Crippen molar-refractivity contribution < 1.29 is 0 Å². The van der Waals surface area contributed by atoms with E-state index < -0.39 is 0 Å². The van der Waals surface area contributed by atoms with Crippen LogP contribution in [0.1, 0.15) is 72.2 Å². The van der Waals surface area contributed by atoms with Crippen LogP contribution in [0.5, 0.6) is 0 Å². The fraction of sp³-hybridized carbons (Fsp3) is 0.0882. The van der Waals surface area contributed by atoms with Crippen molar-refractivity contribution >= 4 is 57.0 Å². The Bertz CT molecular complexity index is 3580. The third-order valence-electron chi connectivity index (χ3n) is 14.1. The molecule has 0 spiro atoms. The van der Waals surface area contributed by atoms with Crippen LogP contribution in [-0.4, -0.2) is 0 Å². The Labute approximate surface area is 424 Å². The first-order chi connectivity index (χ1) is 35.1. The summed E-state index contributed by atoms with van der Waals surface area (Å²) in [5.41, 5.74) is 16.6. The third-order valence-corrected chi connectivity index (χ3v) is 14.1. The van der Waals surface area contributed by atoms with Crippen molar-refractivity contribution in [1.29, 1.82) is 10.5 Å². The second kappa shape index (κ2) is 20.0. The van der Waals surface area contributed by atoms with Gasteiger partial charge in [-0.3, -0.25) is 0 Å². The molecule has 10 rings (SSSR count). The van der Waals surface area contributed by atoms with E-state index in [0.717, 1.165) is 56.4 Å². The van der Waals surface area contributed by atoms with Crippen molar-refractivity contribution in [3.8, 4) is 23.3 Å². The van der Waals surface area contributed by atoms with Crippen molar-refractivity contribution in [3.63, 3.8) is 0 Å². The van der Waals surface area contributed by atoms with Crippen LogP contribution >= 0.6 is 0 Å². The molecule has 0 saturated carbocycles. The minimum Gasteiger partial charge on any atom is -0.311 e. The number of anilines is 6. The molecule has 0 unspecified atom stereocenters. The zero-order valence-corrected chi connectivity index (χ0v) is 41.0. The number of nitriles is 2. The zero-order chi connectivity index (χ0) is 49.7. The quantitative estimate of drug-likeness (QED) is 0.108. The number of benzene rings is 10. The monoisotopic (exact) mass is 926 g/mol. The molecule has 4 heteroatoms. The smallest absolute Gasteiger partial charge is 0.0991 e. The first-order valence-corrected chi connectivity index (χ1v) is 24.4. The van der Waals surface area contributed by atoms with Gasteiger partial charge in [-0.1, -0.05) is 173 Å². The SMILES string of the molecule is CC(C)(c1ccccc1)c1ccc(N(c2ccc(C#N)cc2)c2ccc(/C=C/c3ccc4cc(-c5ccc(N(c6ccc(C#N)cc6)c6ccc(C(C)(C)c7ccccc7)cc6)cc5)ccc4c3)cc2)cc1. The predicted molar refractivity (Wildman–Crippen MR) is 301 cm³/mol. The Morgan fingerprint density at radius 2 is 0.639 bits per heavy atom. The van der Waals surface area contributed by atoms with Gasteiger partial charge in [0.2, 0.25) is 0 Å². The van der Waals surface area contributed by atoms with Crippen LogP contribution in [0.3, 0.4) is 0 Å². The Morgan fingerprint density at radius 3 is 1.07 bits per heavy atom. The molecule has 0 aromatic heterocycles. The first kappa shape index (κ1) is 46.5. The molecule has 0 fully saturated rings. The highest BCUT2D eigenvalue weighted by Gasteiger charge is 2.25. The fourth-order valence-corrected chi connectivity index (χ4v) is 9.64. The van der Waals surface area contributed by atoms with Gasteiger partial charge in [-0.2, -0.15) is 10.5 Å². The first-order valence-electron chi connectivity index (χ1n) is 24.4. The lowest BCUT2D eigenvalue weighted by molar-refractivity contribution is 0.641. The summed E-state index contributed by atoms with van der Waals surface area (Å²) in [6.07, 6.45) is 4.33. The molecule has 10 aromatic carbocycles. The molecule has 0 heterocycles. The molecule has 0 saturated heterocycles. The molecule has 10 aromatic rings. The minimum atomic E-state index is -0.150. The summed E-state index contributed by atoms with van der Waals surface area (Å²) < 4.78 is 0. The minimum absolute atomic E-state index is 0.148. The molecule has 346 valence electrons. The lowest BCUT2D eigenvalue weighted by Gasteiger charge is -2.29. The van der Waals surface area contributed by atoms with Crippen molar-refractivity contribution in [3.05, 3.63) is 287 Å². The van der Waals surface area contributed by atoms with E-state index in [-0.39, 0.29) is 10.8 Å². The van der Waals surface area contributed by atoms with E-state index in [1.165, 1.54) is 33.0 Å². The highest BCUT2D eigenvalue weighted by molar-refractivity contribution is 5.90. The Morgan fingerprint density at radius 1 is 0.319 bits per heavy atom. The molecule has 0 aliphatic rings. The van der Waals surface area contributed by atoms with Gasteiger partial charge in [-0.05, 0) is 164 Å². The van der Waals surface area contributed by atoms with Crippen LogP contribution in [0.15, 0.2) is 243 Å². The zero-order valence-electron chi connectivity index (χ0n) is 41.0. The standard InChI is InChI=1S/C68H54N4/c1-67(2,57-11-7-5-8-12-57)59-29-41-65(42-30-59)71(62-35-20-51(47-69)21-36-62)61-33-18-49(19-34-61)15-16-50-17-24-56-46-55(26-25-54(56)45-50)53-27-39-64(40-28-53)72(63-37-22-52(48-70)23-38-63)66-43-31-60(32-44-66)68(3,4)58-13-9-6-10-14-58/h5-46H,1-4H3/b16-15+. The van der Waals surface area contributed by atoms with E-state index in [4.69, 9.17) is 0 Å². The lowest BCUT2D eigenvalue weighted by Crippen LogP contribution is -2.19. The maximum Gasteiger partial charge on any atom is 0.0991 e. The average Bonchev–Trinajstić information content (AvgIpc) is 3.44. The molecule has 0 bridgehead atoms. The molecular formula is C68H54N4. The van der Waals surface area contributed by atoms with Crippen LogP contribution in [0.2, 0.25) is 0 Å². The summed E-state index contributed by atoms with van der Waals surface area (Å²) in [5, 5.41) is 21.4. The topological polar surface area (TPSA) is 54.1 Å². The number of fused-ring (bicyclic) bond motifs is 1. The molecule has 0 radical (unpaired) electrons. The summed E-state index contributed by atoms with van der Waals surface area (Å²) >= 11 is 0. The maximum atomic E-state index is 9.54. The number of nitrogens with zero attached hydrogens (tertiary/aromatic N) is 4. The molecule has 0 N–H and O–H groups in total. The van der Waals surface area contributed by atoms with Gasteiger partial charge in [0.05, 0.1) is 23.3 Å². The van der Waals surface area contributed by atoms with Crippen molar-refractivity contribution in [2.24, 2.45) is 0 Å². The Kier molecular flexibility index (Phi) is 12.9. The van der Waals surface area contributed by atoms with Gasteiger partial charge < -0.3 is 9.80 Å². The largest absolute Gasteiger partial charge is 0.311 e. The molecule has 0 atom stereocenters. The van der Waals surface area contributed by atoms with Gasteiger partial charge in [0.1, 0.15) is 0 Å². The van der Waals surface area contributed by atoms with Gasteiger partial charge in [0.25, 0.3) is 0 Å². The van der Waals surface area contributed by atoms with Gasteiger partial charge in [0, 0.05) is 45.0 Å². The summed E-state index contributed by atoms with van der Waals surface area (Å²) in [5.74, 6) is 0. The Balaban J connectivity index is 0.863. The molecule has 0 aliphatic heterocycles. The Hall–Kier alpha value is -9.22. The van der Waals surface area contributed by atoms with Crippen molar-refractivity contribution in [1.82, 2.24) is 0 Å². The molecule has 72 heavy (non-hydrogen) atoms. The number of hydrogen-bond acceptors (Lipinski definition) is 4. The average molecular weight is 927 g/mol. The lowest BCUT2D eigenvalue weighted by atomic mass is 9.78. The van der Waals surface area contributed by atoms with E-state index in [9.17, 15) is 10.5 Å². The predicted octanol–water partition coefficient (Wildman–Crippen LogP) is 18.0. The van der Waals surface area contributed by atoms with E-state index in [0.29, 0.717) is 11.1 Å². The molecule has 0 aliphatic carbocycles. The van der Waals surface area contributed by atoms with E-state index in [1.807, 2.05) is 48.5 Å². The van der Waals surface area contributed by atoms with Gasteiger partial charge in [-0.25, -0.2) is 0 Å². The second-order valence-electron chi connectivity index (χ2n) is 19.4. The third kappa shape index (κ3) is 9.68. The van der Waals surface area contributed by atoms with Crippen LogP contribution in [0.25, 0.3) is 34.1 Å². The van der Waals surface area contributed by atoms with Crippen LogP contribution in [0, 0.1) is 22.7 Å². The normalized spacial score (nSPS) is 11.5. The maximum absolute atomic E-state index is 9.54.